The first-order valence-corrected chi connectivity index (χ1v) is 4.66. The predicted octanol–water partition coefficient (Wildman–Crippen LogP) is 1.90. The molecule has 0 amide bonds. The molecule has 0 aliphatic carbocycles. The molecular formula is C10H17N3. The minimum Gasteiger partial charge on any atom is -0.396 e. The third kappa shape index (κ3) is 2.61. The van der Waals surface area contributed by atoms with Crippen molar-refractivity contribution in [3.63, 3.8) is 0 Å². The highest BCUT2D eigenvalue weighted by Gasteiger charge is 2.02. The van der Waals surface area contributed by atoms with Crippen molar-refractivity contribution in [1.29, 1.82) is 0 Å². The molecule has 0 radical (unpaired) electrons. The zero-order valence-electron chi connectivity index (χ0n) is 8.33. The maximum Gasteiger partial charge on any atom is 0.0738 e. The monoisotopic (exact) mass is 179 g/mol. The Labute approximate surface area is 79.6 Å². The highest BCUT2D eigenvalue weighted by atomic mass is 15.1. The number of pyridine rings is 1. The molecule has 0 fully saturated rings. The number of hydrogen-bond donors (Lipinski definition) is 1. The van der Waals surface area contributed by atoms with Crippen molar-refractivity contribution in [2.75, 3.05) is 24.2 Å². The second-order valence-corrected chi connectivity index (χ2v) is 3.21. The van der Waals surface area contributed by atoms with E-state index in [0.717, 1.165) is 17.9 Å². The van der Waals surface area contributed by atoms with Gasteiger partial charge in [-0.05, 0) is 12.5 Å². The van der Waals surface area contributed by atoms with E-state index < -0.39 is 0 Å². The Bertz CT molecular complexity index is 260. The fourth-order valence-electron chi connectivity index (χ4n) is 1.26. The van der Waals surface area contributed by atoms with Crippen molar-refractivity contribution < 1.29 is 0 Å². The van der Waals surface area contributed by atoms with E-state index in [9.17, 15) is 0 Å². The van der Waals surface area contributed by atoms with Crippen LogP contribution < -0.4 is 10.6 Å². The molecular weight excluding hydrogens is 162 g/mol. The predicted molar refractivity (Wildman–Crippen MR) is 56.8 cm³/mol. The summed E-state index contributed by atoms with van der Waals surface area (Å²) in [6.45, 7) is 3.23. The second-order valence-electron chi connectivity index (χ2n) is 3.21. The first-order chi connectivity index (χ1) is 6.25. The van der Waals surface area contributed by atoms with Gasteiger partial charge in [-0.2, -0.15) is 0 Å². The summed E-state index contributed by atoms with van der Waals surface area (Å²) in [7, 11) is 2.06. The molecule has 1 aromatic heterocycles. The average Bonchev–Trinajstić information content (AvgIpc) is 2.15. The van der Waals surface area contributed by atoms with Gasteiger partial charge in [0.25, 0.3) is 0 Å². The molecule has 0 spiro atoms. The van der Waals surface area contributed by atoms with Gasteiger partial charge in [-0.3, -0.25) is 4.98 Å². The number of nitrogen functional groups attached to an aromatic ring is 1. The molecule has 1 heterocycles. The van der Waals surface area contributed by atoms with Gasteiger partial charge in [0.15, 0.2) is 0 Å². The van der Waals surface area contributed by atoms with Gasteiger partial charge in [0, 0.05) is 19.8 Å². The van der Waals surface area contributed by atoms with Crippen molar-refractivity contribution in [3.05, 3.63) is 18.5 Å². The largest absolute Gasteiger partial charge is 0.396 e. The molecule has 1 aromatic rings. The van der Waals surface area contributed by atoms with Gasteiger partial charge in [0.2, 0.25) is 0 Å². The molecule has 72 valence electrons. The van der Waals surface area contributed by atoms with Crippen molar-refractivity contribution in [3.8, 4) is 0 Å². The highest BCUT2D eigenvalue weighted by molar-refractivity contribution is 5.65. The number of nitrogens with zero attached hydrogens (tertiary/aromatic N) is 2. The lowest BCUT2D eigenvalue weighted by Gasteiger charge is -2.20. The minimum atomic E-state index is 0.751. The summed E-state index contributed by atoms with van der Waals surface area (Å²) in [5, 5.41) is 0. The zero-order valence-corrected chi connectivity index (χ0v) is 8.33. The van der Waals surface area contributed by atoms with Gasteiger partial charge in [0.05, 0.1) is 17.6 Å². The average molecular weight is 179 g/mol. The summed E-state index contributed by atoms with van der Waals surface area (Å²) in [6.07, 6.45) is 5.86. The minimum absolute atomic E-state index is 0.751. The number of nitrogens with two attached hydrogens (primary N) is 1. The van der Waals surface area contributed by atoms with Gasteiger partial charge in [-0.25, -0.2) is 0 Å². The molecule has 0 aromatic carbocycles. The van der Waals surface area contributed by atoms with Crippen LogP contribution in [0.2, 0.25) is 0 Å². The lowest BCUT2D eigenvalue weighted by Crippen LogP contribution is -2.19. The van der Waals surface area contributed by atoms with E-state index in [2.05, 4.69) is 23.9 Å². The summed E-state index contributed by atoms with van der Waals surface area (Å²) >= 11 is 0. The number of unbranched alkanes of at least 4 members (excludes halogenated alkanes) is 1. The molecule has 0 saturated heterocycles. The Kier molecular flexibility index (Phi) is 3.55. The van der Waals surface area contributed by atoms with Crippen molar-refractivity contribution >= 4 is 11.4 Å². The lowest BCUT2D eigenvalue weighted by molar-refractivity contribution is 0.767. The summed E-state index contributed by atoms with van der Waals surface area (Å²) in [5.41, 5.74) is 7.61. The van der Waals surface area contributed by atoms with Gasteiger partial charge >= 0.3 is 0 Å². The van der Waals surface area contributed by atoms with Gasteiger partial charge < -0.3 is 10.6 Å². The fraction of sp³-hybridized carbons (Fsp3) is 0.500. The van der Waals surface area contributed by atoms with Crippen molar-refractivity contribution in [1.82, 2.24) is 4.98 Å². The summed E-state index contributed by atoms with van der Waals surface area (Å²) in [5.74, 6) is 0. The third-order valence-electron chi connectivity index (χ3n) is 2.09. The Hall–Kier alpha value is -1.25. The van der Waals surface area contributed by atoms with Crippen LogP contribution in [0.3, 0.4) is 0 Å². The van der Waals surface area contributed by atoms with Crippen LogP contribution in [0.1, 0.15) is 19.8 Å². The smallest absolute Gasteiger partial charge is 0.0738 e. The molecule has 1 rings (SSSR count). The third-order valence-corrected chi connectivity index (χ3v) is 2.09. The highest BCUT2D eigenvalue weighted by Crippen LogP contribution is 2.19. The molecule has 3 heteroatoms. The van der Waals surface area contributed by atoms with E-state index in [1.165, 1.54) is 12.8 Å². The number of hydrogen-bond acceptors (Lipinski definition) is 3. The molecule has 2 N–H and O–H groups in total. The summed E-state index contributed by atoms with van der Waals surface area (Å²) < 4.78 is 0. The standard InChI is InChI=1S/C10H17N3/c1-3-4-7-13(2)10-5-6-12-8-9(10)11/h5-6,8H,3-4,7,11H2,1-2H3. The van der Waals surface area contributed by atoms with E-state index in [-0.39, 0.29) is 0 Å². The Morgan fingerprint density at radius 1 is 1.54 bits per heavy atom. The van der Waals surface area contributed by atoms with Crippen LogP contribution in [0.4, 0.5) is 11.4 Å². The van der Waals surface area contributed by atoms with E-state index in [1.807, 2.05) is 6.07 Å². The van der Waals surface area contributed by atoms with Crippen LogP contribution in [0.5, 0.6) is 0 Å². The maximum absolute atomic E-state index is 5.79. The topological polar surface area (TPSA) is 42.2 Å². The summed E-state index contributed by atoms with van der Waals surface area (Å²) in [4.78, 5) is 6.12. The normalized spacial score (nSPS) is 10.0. The van der Waals surface area contributed by atoms with Gasteiger partial charge in [-0.1, -0.05) is 13.3 Å². The number of rotatable bonds is 4. The first-order valence-electron chi connectivity index (χ1n) is 4.66. The lowest BCUT2D eigenvalue weighted by atomic mass is 10.3. The van der Waals surface area contributed by atoms with Gasteiger partial charge in [0.1, 0.15) is 0 Å². The molecule has 0 aliphatic heterocycles. The Morgan fingerprint density at radius 3 is 2.92 bits per heavy atom. The quantitative estimate of drug-likeness (QED) is 0.767. The molecule has 13 heavy (non-hydrogen) atoms. The molecule has 0 aliphatic rings. The Morgan fingerprint density at radius 2 is 2.31 bits per heavy atom. The van der Waals surface area contributed by atoms with E-state index in [0.29, 0.717) is 0 Å². The first kappa shape index (κ1) is 9.84. The summed E-state index contributed by atoms with van der Waals surface area (Å²) in [6, 6.07) is 1.95. The fourth-order valence-corrected chi connectivity index (χ4v) is 1.26. The molecule has 0 unspecified atom stereocenters. The molecule has 0 bridgehead atoms. The maximum atomic E-state index is 5.79. The van der Waals surface area contributed by atoms with Crippen LogP contribution >= 0.6 is 0 Å². The van der Waals surface area contributed by atoms with Gasteiger partial charge in [-0.15, -0.1) is 0 Å². The van der Waals surface area contributed by atoms with Crippen LogP contribution in [0.25, 0.3) is 0 Å². The number of anilines is 2. The van der Waals surface area contributed by atoms with E-state index in [1.54, 1.807) is 12.4 Å². The second kappa shape index (κ2) is 4.70. The number of aromatic nitrogens is 1. The van der Waals surface area contributed by atoms with Crippen LogP contribution in [0, 0.1) is 0 Å². The van der Waals surface area contributed by atoms with Crippen molar-refractivity contribution in [2.45, 2.75) is 19.8 Å². The van der Waals surface area contributed by atoms with E-state index >= 15 is 0 Å². The van der Waals surface area contributed by atoms with Crippen molar-refractivity contribution in [2.24, 2.45) is 0 Å². The Balaban J connectivity index is 2.65. The van der Waals surface area contributed by atoms with E-state index in [4.69, 9.17) is 5.73 Å². The zero-order chi connectivity index (χ0) is 9.68. The molecule has 3 nitrogen and oxygen atoms in total. The molecule has 0 atom stereocenters. The SMILES string of the molecule is CCCCN(C)c1ccncc1N. The van der Waals surface area contributed by atoms with Crippen LogP contribution in [-0.2, 0) is 0 Å². The van der Waals surface area contributed by atoms with Crippen LogP contribution in [0.15, 0.2) is 18.5 Å². The van der Waals surface area contributed by atoms with Crippen LogP contribution in [-0.4, -0.2) is 18.6 Å². The molecule has 0 saturated carbocycles.